The zero-order chi connectivity index (χ0) is 101. The van der Waals surface area contributed by atoms with E-state index in [1.54, 1.807) is 76.2 Å². The number of unbranched alkanes of at least 4 members (excludes halogenated alkanes) is 2. The number of hydrogen-bond acceptors (Lipinski definition) is 20. The normalized spacial score (nSPS) is 24.8. The van der Waals surface area contributed by atoms with Crippen molar-refractivity contribution >= 4 is 145 Å². The Labute approximate surface area is 819 Å². The predicted molar refractivity (Wildman–Crippen MR) is 524 cm³/mol. The van der Waals surface area contributed by atoms with Crippen molar-refractivity contribution in [2.24, 2.45) is 23.5 Å². The SMILES string of the molecule is CCCC[C@H]1C(=O)N(C)[C@@H](CCCC)C(=O)N[C@@H](CC(C)C)C(=O)N[C@H](C(=O)NCC(=O)N2CCC(c3ccc(Cl)cc3)CC2)CSCC(=O)N[C@@H](Cc2ccc(O)cc2)C(=O)N(C)[C@@H](C)C(=O)N[C@@H](CC(N)=O)C(=O)N2CCC[C@H]2C(=O)N[C@@H](CC)C(=O)N[C@@H](CC(C)C)C(=O)N2C[C@H](O)C[C@H]2C(=O)C[C@@H](Cc2c[nH]c3ccccc23)C(=O)NCC(=O)NC(Cc2c[nH]c3ccccc23)C(=O)N1C. The summed E-state index contributed by atoms with van der Waals surface area (Å²) in [5.74, 6) is -16.2. The summed E-state index contributed by atoms with van der Waals surface area (Å²) in [6, 6.07) is 10.8. The number of para-hydroxylation sites is 2. The molecule has 14 atom stereocenters. The number of likely N-dealkylation sites (tertiary alicyclic amines) is 1. The Kier molecular flexibility index (Phi) is 40.2. The highest BCUT2D eigenvalue weighted by atomic mass is 35.5. The molecule has 4 saturated heterocycles. The minimum atomic E-state index is -1.73. The number of phenolic OH excluding ortho intramolecular Hbond substituents is 1. The van der Waals surface area contributed by atoms with Crippen LogP contribution in [0.4, 0.5) is 0 Å². The lowest BCUT2D eigenvalue weighted by Gasteiger charge is -2.36. The van der Waals surface area contributed by atoms with Crippen LogP contribution in [0.15, 0.2) is 109 Å². The van der Waals surface area contributed by atoms with Gasteiger partial charge in [0, 0.05) is 124 Å². The summed E-state index contributed by atoms with van der Waals surface area (Å²) in [6.45, 7) is 12.9. The number of likely N-dealkylation sites (N-methyl/N-ethyl adjacent to an activating group) is 3. The molecule has 0 bridgehead atoms. The number of piperidine rings is 1. The number of aromatic nitrogens is 2. The van der Waals surface area contributed by atoms with E-state index in [9.17, 15) is 58.2 Å². The van der Waals surface area contributed by atoms with Crippen LogP contribution in [-0.2, 0) is 101 Å². The molecule has 6 heterocycles. The maximum absolute atomic E-state index is 15.7. The number of rotatable bonds is 23. The average Bonchev–Trinajstić information content (AvgIpc) is 1.32. The van der Waals surface area contributed by atoms with Crippen LogP contribution in [-0.4, -0.2) is 300 Å². The number of hydrogen-bond donors (Lipinski definition) is 14. The first-order valence-corrected chi connectivity index (χ1v) is 49.8. The zero-order valence-corrected chi connectivity index (χ0v) is 82.8. The molecule has 1 unspecified atom stereocenters. The molecule has 0 radical (unpaired) electrons. The van der Waals surface area contributed by atoms with Gasteiger partial charge in [-0.1, -0.05) is 146 Å². The number of phenols is 1. The average molecular weight is 1960 g/mol. The molecular weight excluding hydrogens is 1820 g/mol. The Morgan fingerprint density at radius 2 is 1.11 bits per heavy atom. The van der Waals surface area contributed by atoms with Gasteiger partial charge in [0.25, 0.3) is 0 Å². The Balaban J connectivity index is 0.985. The Morgan fingerprint density at radius 1 is 0.554 bits per heavy atom. The number of Topliss-reactive ketones (excluding diaryl/α,β-unsaturated/α-hetero) is 1. The number of ketones is 1. The molecule has 10 rings (SSSR count). The molecule has 4 aliphatic heterocycles. The minimum Gasteiger partial charge on any atom is -0.508 e. The third kappa shape index (κ3) is 29.8. The van der Waals surface area contributed by atoms with Crippen molar-refractivity contribution < 1.29 is 91.7 Å². The van der Waals surface area contributed by atoms with E-state index < -0.39 is 217 Å². The lowest BCUT2D eigenvalue weighted by atomic mass is 9.89. The molecule has 0 aliphatic carbocycles. The van der Waals surface area contributed by atoms with E-state index in [2.05, 4.69) is 57.8 Å². The van der Waals surface area contributed by atoms with E-state index in [-0.39, 0.29) is 113 Å². The summed E-state index contributed by atoms with van der Waals surface area (Å²) in [7, 11) is 4.10. The molecule has 754 valence electrons. The van der Waals surface area contributed by atoms with Crippen LogP contribution >= 0.6 is 23.4 Å². The van der Waals surface area contributed by atoms with Crippen LogP contribution in [0.25, 0.3) is 21.8 Å². The number of nitrogens with two attached hydrogens (primary N) is 1. The van der Waals surface area contributed by atoms with Crippen molar-refractivity contribution in [2.75, 3.05) is 71.9 Å². The quantitative estimate of drug-likeness (QED) is 0.0417. The van der Waals surface area contributed by atoms with Crippen LogP contribution in [0.5, 0.6) is 5.75 Å². The number of nitrogens with zero attached hydrogens (tertiary/aromatic N) is 6. The summed E-state index contributed by atoms with van der Waals surface area (Å²) < 4.78 is 0. The number of primary amides is 1. The molecule has 0 saturated carbocycles. The topological polar surface area (TPSA) is 516 Å². The number of carbonyl (C=O) groups is 17. The molecule has 39 heteroatoms. The third-order valence-electron chi connectivity index (χ3n) is 26.6. The van der Waals surface area contributed by atoms with E-state index in [1.807, 2.05) is 62.4 Å². The molecule has 6 aromatic rings. The van der Waals surface area contributed by atoms with E-state index in [4.69, 9.17) is 17.3 Å². The number of amides is 16. The zero-order valence-electron chi connectivity index (χ0n) is 81.2. The second-order valence-electron chi connectivity index (χ2n) is 37.8. The van der Waals surface area contributed by atoms with Crippen molar-refractivity contribution in [2.45, 2.75) is 262 Å². The molecular formula is C100H137ClN18O19S. The van der Waals surface area contributed by atoms with Gasteiger partial charge in [0.15, 0.2) is 5.78 Å². The molecule has 4 aromatic carbocycles. The van der Waals surface area contributed by atoms with Crippen LogP contribution in [0.3, 0.4) is 0 Å². The van der Waals surface area contributed by atoms with Crippen LogP contribution in [0, 0.1) is 17.8 Å². The fourth-order valence-electron chi connectivity index (χ4n) is 18.6. The number of thioether (sulfide) groups is 1. The second kappa shape index (κ2) is 51.5. The smallest absolute Gasteiger partial charge is 0.246 e. The van der Waals surface area contributed by atoms with E-state index in [1.165, 1.54) is 67.0 Å². The second-order valence-corrected chi connectivity index (χ2v) is 39.3. The number of carbonyl (C=O) groups excluding carboxylic acids is 17. The number of benzene rings is 4. The molecule has 2 aromatic heterocycles. The van der Waals surface area contributed by atoms with Gasteiger partial charge in [0.1, 0.15) is 72.2 Å². The lowest BCUT2D eigenvalue weighted by molar-refractivity contribution is -0.149. The van der Waals surface area contributed by atoms with Crippen LogP contribution in [0.1, 0.15) is 186 Å². The molecule has 37 nitrogen and oxygen atoms in total. The van der Waals surface area contributed by atoms with Crippen molar-refractivity contribution in [1.82, 2.24) is 87.2 Å². The lowest BCUT2D eigenvalue weighted by Crippen LogP contribution is -2.60. The van der Waals surface area contributed by atoms with Crippen LogP contribution < -0.4 is 53.6 Å². The first-order valence-electron chi connectivity index (χ1n) is 48.3. The highest BCUT2D eigenvalue weighted by Crippen LogP contribution is 2.33. The Morgan fingerprint density at radius 3 is 1.73 bits per heavy atom. The highest BCUT2D eigenvalue weighted by Gasteiger charge is 2.47. The van der Waals surface area contributed by atoms with Crippen molar-refractivity contribution in [1.29, 1.82) is 0 Å². The van der Waals surface area contributed by atoms with Gasteiger partial charge in [-0.25, -0.2) is 0 Å². The van der Waals surface area contributed by atoms with Gasteiger partial charge in [-0.3, -0.25) is 81.5 Å². The van der Waals surface area contributed by atoms with Crippen molar-refractivity contribution in [3.8, 4) is 5.75 Å². The van der Waals surface area contributed by atoms with Gasteiger partial charge in [-0.2, -0.15) is 0 Å². The van der Waals surface area contributed by atoms with Crippen molar-refractivity contribution in [3.05, 3.63) is 137 Å². The fraction of sp³-hybridized carbons (Fsp3) is 0.550. The highest BCUT2D eigenvalue weighted by molar-refractivity contribution is 8.00. The molecule has 16 amide bonds. The number of halogens is 1. The van der Waals surface area contributed by atoms with E-state index in [0.717, 1.165) is 32.5 Å². The molecule has 0 spiro atoms. The van der Waals surface area contributed by atoms with Gasteiger partial charge in [0.05, 0.1) is 37.4 Å². The van der Waals surface area contributed by atoms with Gasteiger partial charge < -0.3 is 103 Å². The number of aliphatic hydroxyl groups is 1. The summed E-state index contributed by atoms with van der Waals surface area (Å²) in [4.78, 5) is 266. The fourth-order valence-corrected chi connectivity index (χ4v) is 19.6. The Hall–Kier alpha value is -12.5. The monoisotopic (exact) mass is 1960 g/mol. The van der Waals surface area contributed by atoms with Gasteiger partial charge >= 0.3 is 0 Å². The molecule has 4 aliphatic rings. The maximum Gasteiger partial charge on any atom is 0.246 e. The largest absolute Gasteiger partial charge is 0.508 e. The van der Waals surface area contributed by atoms with Crippen LogP contribution in [0.2, 0.25) is 5.02 Å². The summed E-state index contributed by atoms with van der Waals surface area (Å²) in [6.07, 6.45) is 3.54. The predicted octanol–water partition coefficient (Wildman–Crippen LogP) is 4.60. The van der Waals surface area contributed by atoms with Crippen molar-refractivity contribution in [3.63, 3.8) is 0 Å². The Bertz CT molecular complexity index is 5360. The molecule has 4 fully saturated rings. The summed E-state index contributed by atoms with van der Waals surface area (Å²) >= 11 is 7.05. The van der Waals surface area contributed by atoms with E-state index in [0.29, 0.717) is 89.7 Å². The number of aromatic amines is 2. The number of aliphatic hydroxyl groups excluding tert-OH is 1. The van der Waals surface area contributed by atoms with Gasteiger partial charge in [0.2, 0.25) is 94.5 Å². The van der Waals surface area contributed by atoms with Gasteiger partial charge in [-0.05, 0) is 148 Å². The standard InChI is InChI=1S/C100H137ClN18O19S/c1-12-15-26-80-94(132)110-74(42-57(4)5)93(131)113-79(91(129)106-53-88(126)117-40-37-62(38-41-117)61-31-33-66(101)34-32-61)55-139-56-87(125)108-76(44-60-29-35-67(120)36-30-60)96(134)114(9)59(8)89(127)111-78(49-85(102)123)98(136)118-39-21-28-81(118)95(133)109-71(14-3)92(130)112-75(43-58(6)7)99(137)119-54-68(121)48-83(119)84(122)47-63(45-64-50-103-72-24-19-17-22-69(64)72)90(128)105-52-86(124)107-77(46-65-51-104-73-25-20-18-23-70(65)73)97(135)116(11)82(27-16-13-2)100(138)115(80)10/h17-20,22-25,29-36,50-51,57-59,62-63,68,71,74-83,103-104,120-121H,12-16,21,26-28,37-49,52-56H2,1-11H3,(H2,102,123)(H,105,128)(H,106,129)(H,107,124)(H,108,125)(H,109,133)(H,110,132)(H,111,127)(H,112,130)(H,113,131)/t59-,63+,68+,71-,74-,75-,76-,77?,78-,79-,80-,81-,82-,83-/m0/s1. The summed E-state index contributed by atoms with van der Waals surface area (Å²) in [5.41, 5.74) is 9.87. The number of aromatic hydroxyl groups is 1. The number of H-pyrrole nitrogens is 2. The maximum atomic E-state index is 15.7. The third-order valence-corrected chi connectivity index (χ3v) is 27.8. The number of fused-ring (bicyclic) bond motifs is 4. The first kappa shape index (κ1) is 109. The van der Waals surface area contributed by atoms with Gasteiger partial charge in [-0.15, -0.1) is 11.8 Å². The van der Waals surface area contributed by atoms with E-state index >= 15 is 33.6 Å². The summed E-state index contributed by atoms with van der Waals surface area (Å²) in [5, 5.41) is 48.5. The first-order chi connectivity index (χ1) is 66.3. The molecule has 139 heavy (non-hydrogen) atoms. The minimum absolute atomic E-state index is 0.000361. The molecule has 15 N–H and O–H groups in total. The number of nitrogens with one attached hydrogen (secondary N) is 11.